The van der Waals surface area contributed by atoms with Gasteiger partial charge in [0.15, 0.2) is 0 Å². The van der Waals surface area contributed by atoms with Crippen molar-refractivity contribution in [2.24, 2.45) is 0 Å². The van der Waals surface area contributed by atoms with Gasteiger partial charge in [-0.1, -0.05) is 18.2 Å². The molecule has 0 aliphatic carbocycles. The van der Waals surface area contributed by atoms with E-state index in [1.54, 1.807) is 44.2 Å². The number of benzene rings is 1. The number of pyridine rings is 1. The number of anilines is 1. The molecule has 2 rings (SSSR count). The van der Waals surface area contributed by atoms with Gasteiger partial charge >= 0.3 is 0 Å². The van der Waals surface area contributed by atoms with Crippen LogP contribution in [0.4, 0.5) is 10.2 Å². The van der Waals surface area contributed by atoms with E-state index in [0.29, 0.717) is 23.5 Å². The van der Waals surface area contributed by atoms with Crippen molar-refractivity contribution in [2.45, 2.75) is 20.4 Å². The maximum absolute atomic E-state index is 13.5. The average molecular weight is 273 g/mol. The van der Waals surface area contributed by atoms with E-state index in [-0.39, 0.29) is 17.4 Å². The van der Waals surface area contributed by atoms with Gasteiger partial charge in [0.2, 0.25) is 0 Å². The molecule has 1 heterocycles. The average Bonchev–Trinajstić information content (AvgIpc) is 2.42. The highest BCUT2D eigenvalue weighted by molar-refractivity contribution is 5.92. The Hall–Kier alpha value is -2.43. The minimum absolute atomic E-state index is 0.211. The fraction of sp³-hybridized carbons (Fsp3) is 0.200. The standard InChI is InChI=1S/C15H16FN3O/c1-9-6-11(7-10(2)14(9)16)8-18-15(20)12-4-3-5-13(17)19-12/h3-7H,8H2,1-2H3,(H2,17,19)(H,18,20). The quantitative estimate of drug-likeness (QED) is 0.902. The zero-order chi connectivity index (χ0) is 14.7. The highest BCUT2D eigenvalue weighted by Gasteiger charge is 2.08. The molecule has 0 unspecified atom stereocenters. The third kappa shape index (κ3) is 3.12. The number of carbonyl (C=O) groups excluding carboxylic acids is 1. The molecule has 1 aromatic carbocycles. The SMILES string of the molecule is Cc1cc(CNC(=O)c2cccc(N)n2)cc(C)c1F. The smallest absolute Gasteiger partial charge is 0.270 e. The molecule has 104 valence electrons. The Kier molecular flexibility index (Phi) is 3.98. The van der Waals surface area contributed by atoms with Crippen LogP contribution in [0.5, 0.6) is 0 Å². The molecule has 1 amide bonds. The molecule has 2 aromatic rings. The second-order valence-electron chi connectivity index (χ2n) is 4.67. The number of nitrogen functional groups attached to an aromatic ring is 1. The van der Waals surface area contributed by atoms with Crippen LogP contribution in [0.15, 0.2) is 30.3 Å². The van der Waals surface area contributed by atoms with Crippen molar-refractivity contribution in [3.05, 3.63) is 58.5 Å². The molecule has 0 radical (unpaired) electrons. The molecular weight excluding hydrogens is 257 g/mol. The summed E-state index contributed by atoms with van der Waals surface area (Å²) in [6, 6.07) is 8.31. The summed E-state index contributed by atoms with van der Waals surface area (Å²) in [4.78, 5) is 15.8. The summed E-state index contributed by atoms with van der Waals surface area (Å²) in [6.07, 6.45) is 0. The predicted octanol–water partition coefficient (Wildman–Crippen LogP) is 2.35. The molecule has 0 aliphatic rings. The van der Waals surface area contributed by atoms with Crippen LogP contribution in [-0.4, -0.2) is 10.9 Å². The van der Waals surface area contributed by atoms with Gasteiger partial charge in [-0.15, -0.1) is 0 Å². The maximum Gasteiger partial charge on any atom is 0.270 e. The van der Waals surface area contributed by atoms with Crippen molar-refractivity contribution in [1.29, 1.82) is 0 Å². The number of aryl methyl sites for hydroxylation is 2. The molecular formula is C15H16FN3O. The lowest BCUT2D eigenvalue weighted by atomic mass is 10.1. The van der Waals surface area contributed by atoms with Gasteiger partial charge in [-0.2, -0.15) is 0 Å². The number of amides is 1. The first-order valence-electron chi connectivity index (χ1n) is 6.23. The molecule has 4 nitrogen and oxygen atoms in total. The fourth-order valence-electron chi connectivity index (χ4n) is 1.99. The van der Waals surface area contributed by atoms with E-state index in [1.807, 2.05) is 0 Å². The number of rotatable bonds is 3. The summed E-state index contributed by atoms with van der Waals surface area (Å²) in [7, 11) is 0. The van der Waals surface area contributed by atoms with Crippen LogP contribution in [0.2, 0.25) is 0 Å². The van der Waals surface area contributed by atoms with Gasteiger partial charge in [0.05, 0.1) is 0 Å². The lowest BCUT2D eigenvalue weighted by molar-refractivity contribution is 0.0946. The van der Waals surface area contributed by atoms with E-state index in [9.17, 15) is 9.18 Å². The molecule has 1 aromatic heterocycles. The number of nitrogens with zero attached hydrogens (tertiary/aromatic N) is 1. The van der Waals surface area contributed by atoms with Gasteiger partial charge in [0, 0.05) is 6.54 Å². The van der Waals surface area contributed by atoms with Crippen LogP contribution >= 0.6 is 0 Å². The highest BCUT2D eigenvalue weighted by Crippen LogP contribution is 2.14. The number of hydrogen-bond acceptors (Lipinski definition) is 3. The summed E-state index contributed by atoms with van der Waals surface area (Å²) >= 11 is 0. The lowest BCUT2D eigenvalue weighted by Gasteiger charge is -2.08. The van der Waals surface area contributed by atoms with Crippen LogP contribution in [0, 0.1) is 19.7 Å². The number of hydrogen-bond donors (Lipinski definition) is 2. The Morgan fingerprint density at radius 2 is 1.95 bits per heavy atom. The number of halogens is 1. The van der Waals surface area contributed by atoms with Crippen molar-refractivity contribution in [2.75, 3.05) is 5.73 Å². The van der Waals surface area contributed by atoms with Crippen molar-refractivity contribution in [3.63, 3.8) is 0 Å². The van der Waals surface area contributed by atoms with E-state index < -0.39 is 0 Å². The molecule has 0 bridgehead atoms. The lowest BCUT2D eigenvalue weighted by Crippen LogP contribution is -2.24. The van der Waals surface area contributed by atoms with E-state index in [0.717, 1.165) is 5.56 Å². The van der Waals surface area contributed by atoms with Crippen molar-refractivity contribution in [3.8, 4) is 0 Å². The molecule has 3 N–H and O–H groups in total. The third-order valence-electron chi connectivity index (χ3n) is 2.95. The van der Waals surface area contributed by atoms with E-state index in [1.165, 1.54) is 0 Å². The first-order chi connectivity index (χ1) is 9.47. The predicted molar refractivity (Wildman–Crippen MR) is 75.7 cm³/mol. The Morgan fingerprint density at radius 1 is 1.30 bits per heavy atom. The number of aromatic nitrogens is 1. The molecule has 0 aliphatic heterocycles. The van der Waals surface area contributed by atoms with Gasteiger partial charge in [0.1, 0.15) is 17.3 Å². The molecule has 5 heteroatoms. The Bertz CT molecular complexity index is 632. The fourth-order valence-corrected chi connectivity index (χ4v) is 1.99. The van der Waals surface area contributed by atoms with Crippen LogP contribution < -0.4 is 11.1 Å². The molecule has 0 atom stereocenters. The number of nitrogens with one attached hydrogen (secondary N) is 1. The van der Waals surface area contributed by atoms with Gasteiger partial charge < -0.3 is 11.1 Å². The van der Waals surface area contributed by atoms with Gasteiger partial charge in [-0.25, -0.2) is 9.37 Å². The summed E-state index contributed by atoms with van der Waals surface area (Å²) in [5.74, 6) is -0.222. The van der Waals surface area contributed by atoms with Crippen LogP contribution in [0.3, 0.4) is 0 Å². The first kappa shape index (κ1) is 14.0. The largest absolute Gasteiger partial charge is 0.384 e. The van der Waals surface area contributed by atoms with Crippen LogP contribution in [0.1, 0.15) is 27.2 Å². The molecule has 20 heavy (non-hydrogen) atoms. The summed E-state index contributed by atoms with van der Waals surface area (Å²) < 4.78 is 13.5. The second-order valence-corrected chi connectivity index (χ2v) is 4.67. The topological polar surface area (TPSA) is 68.0 Å². The monoisotopic (exact) mass is 273 g/mol. The number of nitrogens with two attached hydrogens (primary N) is 1. The third-order valence-corrected chi connectivity index (χ3v) is 2.95. The summed E-state index contributed by atoms with van der Waals surface area (Å²) in [6.45, 7) is 3.72. The van der Waals surface area contributed by atoms with E-state index in [2.05, 4.69) is 10.3 Å². The highest BCUT2D eigenvalue weighted by atomic mass is 19.1. The van der Waals surface area contributed by atoms with E-state index in [4.69, 9.17) is 5.73 Å². The normalized spacial score (nSPS) is 10.3. The molecule has 0 spiro atoms. The summed E-state index contributed by atoms with van der Waals surface area (Å²) in [5, 5.41) is 2.74. The van der Waals surface area contributed by atoms with E-state index >= 15 is 0 Å². The van der Waals surface area contributed by atoms with Crippen LogP contribution in [-0.2, 0) is 6.54 Å². The Morgan fingerprint density at radius 3 is 2.55 bits per heavy atom. The zero-order valence-electron chi connectivity index (χ0n) is 11.4. The first-order valence-corrected chi connectivity index (χ1v) is 6.23. The number of carbonyl (C=O) groups is 1. The molecule has 0 saturated heterocycles. The molecule has 0 fully saturated rings. The van der Waals surface area contributed by atoms with Gasteiger partial charge in [-0.05, 0) is 42.7 Å². The van der Waals surface area contributed by atoms with Gasteiger partial charge in [0.25, 0.3) is 5.91 Å². The van der Waals surface area contributed by atoms with Gasteiger partial charge in [-0.3, -0.25) is 4.79 Å². The Labute approximate surface area is 116 Å². The van der Waals surface area contributed by atoms with Crippen LogP contribution in [0.25, 0.3) is 0 Å². The maximum atomic E-state index is 13.5. The Balaban J connectivity index is 2.07. The van der Waals surface area contributed by atoms with Crippen molar-refractivity contribution in [1.82, 2.24) is 10.3 Å². The van der Waals surface area contributed by atoms with Crippen molar-refractivity contribution >= 4 is 11.7 Å². The van der Waals surface area contributed by atoms with Crippen molar-refractivity contribution < 1.29 is 9.18 Å². The second kappa shape index (κ2) is 5.69. The summed E-state index contributed by atoms with van der Waals surface area (Å²) in [5.41, 5.74) is 7.77. The minimum atomic E-state index is -0.308. The minimum Gasteiger partial charge on any atom is -0.384 e. The zero-order valence-corrected chi connectivity index (χ0v) is 11.4. The molecule has 0 saturated carbocycles.